The van der Waals surface area contributed by atoms with Crippen LogP contribution in [0.3, 0.4) is 0 Å². The van der Waals surface area contributed by atoms with E-state index in [1.54, 1.807) is 0 Å². The predicted molar refractivity (Wildman–Crippen MR) is 70.9 cm³/mol. The van der Waals surface area contributed by atoms with Crippen LogP contribution in [0.1, 0.15) is 16.1 Å². The van der Waals surface area contributed by atoms with Crippen LogP contribution in [0.5, 0.6) is 5.75 Å². The van der Waals surface area contributed by atoms with Crippen molar-refractivity contribution in [1.29, 1.82) is 0 Å². The third-order valence-electron chi connectivity index (χ3n) is 2.61. The lowest BCUT2D eigenvalue weighted by Gasteiger charge is -2.20. The highest BCUT2D eigenvalue weighted by molar-refractivity contribution is 8.00. The Hall–Kier alpha value is -1.18. The molecule has 3 rings (SSSR count). The summed E-state index contributed by atoms with van der Waals surface area (Å²) in [7, 11) is 0. The Balaban J connectivity index is 1.82. The predicted octanol–water partition coefficient (Wildman–Crippen LogP) is 3.14. The molecule has 1 aliphatic heterocycles. The van der Waals surface area contributed by atoms with Crippen molar-refractivity contribution in [2.75, 3.05) is 6.79 Å². The minimum absolute atomic E-state index is 0.216. The summed E-state index contributed by atoms with van der Waals surface area (Å²) in [5, 5.41) is 8.92. The van der Waals surface area contributed by atoms with Crippen molar-refractivity contribution in [2.45, 2.75) is 23.6 Å². The number of benzene rings is 1. The van der Waals surface area contributed by atoms with E-state index in [-0.39, 0.29) is 12.6 Å². The summed E-state index contributed by atoms with van der Waals surface area (Å²) in [6, 6.07) is 2.96. The fraction of sp³-hybridized carbons (Fsp3) is 0.333. The number of aryl methyl sites for hydroxylation is 1. The van der Waals surface area contributed by atoms with E-state index in [0.717, 1.165) is 26.2 Å². The van der Waals surface area contributed by atoms with E-state index < -0.39 is 0 Å². The van der Waals surface area contributed by atoms with E-state index in [4.69, 9.17) is 9.47 Å². The summed E-state index contributed by atoms with van der Waals surface area (Å²) < 4.78 is 25.0. The van der Waals surface area contributed by atoms with Crippen molar-refractivity contribution in [3.05, 3.63) is 34.1 Å². The molecule has 0 radical (unpaired) electrons. The maximum absolute atomic E-state index is 13.5. The third-order valence-corrected chi connectivity index (χ3v) is 4.63. The molecule has 1 aliphatic rings. The topological polar surface area (TPSA) is 44.2 Å². The Morgan fingerprint density at radius 2 is 2.32 bits per heavy atom. The van der Waals surface area contributed by atoms with Crippen molar-refractivity contribution in [2.24, 2.45) is 0 Å². The third kappa shape index (κ3) is 2.88. The molecule has 0 atom stereocenters. The van der Waals surface area contributed by atoms with Crippen molar-refractivity contribution < 1.29 is 13.9 Å². The van der Waals surface area contributed by atoms with Gasteiger partial charge < -0.3 is 9.47 Å². The number of ether oxygens (including phenoxy) is 2. The van der Waals surface area contributed by atoms with Crippen LogP contribution in [0.4, 0.5) is 4.39 Å². The van der Waals surface area contributed by atoms with Crippen molar-refractivity contribution in [3.8, 4) is 5.75 Å². The second-order valence-corrected chi connectivity index (χ2v) is 6.44. The second kappa shape index (κ2) is 5.44. The van der Waals surface area contributed by atoms with E-state index >= 15 is 0 Å². The van der Waals surface area contributed by atoms with Gasteiger partial charge in [0.05, 0.1) is 6.61 Å². The molecular weight excluding hydrogens is 287 g/mol. The lowest BCUT2D eigenvalue weighted by Crippen LogP contribution is -2.13. The zero-order chi connectivity index (χ0) is 13.2. The second-order valence-electron chi connectivity index (χ2n) is 4.04. The summed E-state index contributed by atoms with van der Waals surface area (Å²) >= 11 is 3.06. The van der Waals surface area contributed by atoms with Crippen molar-refractivity contribution in [1.82, 2.24) is 10.2 Å². The number of aromatic nitrogens is 2. The highest BCUT2D eigenvalue weighted by atomic mass is 32.2. The van der Waals surface area contributed by atoms with E-state index in [0.29, 0.717) is 12.4 Å². The lowest BCUT2D eigenvalue weighted by molar-refractivity contribution is -0.0171. The van der Waals surface area contributed by atoms with Crippen molar-refractivity contribution in [3.63, 3.8) is 0 Å². The average Bonchev–Trinajstić information content (AvgIpc) is 2.81. The molecule has 1 aromatic heterocycles. The van der Waals surface area contributed by atoms with Crippen LogP contribution < -0.4 is 4.74 Å². The summed E-state index contributed by atoms with van der Waals surface area (Å²) in [5.74, 6) is 1.08. The lowest BCUT2D eigenvalue weighted by atomic mass is 10.1. The smallest absolute Gasteiger partial charge is 0.189 e. The number of nitrogens with zero attached hydrogens (tertiary/aromatic N) is 2. The average molecular weight is 298 g/mol. The Labute approximate surface area is 118 Å². The summed E-state index contributed by atoms with van der Waals surface area (Å²) in [6.45, 7) is 2.52. The number of halogens is 1. The van der Waals surface area contributed by atoms with Crippen LogP contribution >= 0.6 is 23.1 Å². The van der Waals surface area contributed by atoms with Gasteiger partial charge in [-0.05, 0) is 19.1 Å². The highest BCUT2D eigenvalue weighted by Crippen LogP contribution is 2.34. The van der Waals surface area contributed by atoms with Gasteiger partial charge in [-0.3, -0.25) is 0 Å². The number of hydrogen-bond acceptors (Lipinski definition) is 6. The summed E-state index contributed by atoms with van der Waals surface area (Å²) in [6.07, 6.45) is 0. The summed E-state index contributed by atoms with van der Waals surface area (Å²) in [5.41, 5.74) is 1.59. The molecule has 4 nitrogen and oxygen atoms in total. The van der Waals surface area contributed by atoms with Crippen LogP contribution in [-0.2, 0) is 17.1 Å². The fourth-order valence-electron chi connectivity index (χ4n) is 1.84. The molecule has 0 spiro atoms. The Kier molecular flexibility index (Phi) is 3.67. The van der Waals surface area contributed by atoms with Gasteiger partial charge in [0.15, 0.2) is 11.1 Å². The maximum Gasteiger partial charge on any atom is 0.189 e. The molecule has 0 saturated carbocycles. The van der Waals surface area contributed by atoms with Gasteiger partial charge in [0.2, 0.25) is 0 Å². The fourth-order valence-corrected chi connectivity index (χ4v) is 3.62. The minimum Gasteiger partial charge on any atom is -0.467 e. The Morgan fingerprint density at radius 1 is 1.42 bits per heavy atom. The molecule has 7 heteroatoms. The standard InChI is InChI=1S/C12H11FN2O2S2/c1-7-14-15-12(19-7)18-5-9-3-10(13)2-8-4-16-6-17-11(8)9/h2-3H,4-6H2,1H3. The number of fused-ring (bicyclic) bond motifs is 1. The molecule has 0 amide bonds. The van der Waals surface area contributed by atoms with Crippen molar-refractivity contribution >= 4 is 23.1 Å². The van der Waals surface area contributed by atoms with E-state index in [9.17, 15) is 4.39 Å². The van der Waals surface area contributed by atoms with Crippen LogP contribution in [-0.4, -0.2) is 17.0 Å². The molecular formula is C12H11FN2O2S2. The molecule has 19 heavy (non-hydrogen) atoms. The largest absolute Gasteiger partial charge is 0.467 e. The van der Waals surface area contributed by atoms with Gasteiger partial charge >= 0.3 is 0 Å². The quantitative estimate of drug-likeness (QED) is 0.815. The first-order valence-corrected chi connectivity index (χ1v) is 7.47. The Bertz CT molecular complexity index is 603. The molecule has 0 N–H and O–H groups in total. The molecule has 0 aliphatic carbocycles. The molecule has 100 valence electrons. The van der Waals surface area contributed by atoms with Gasteiger partial charge in [-0.25, -0.2) is 4.39 Å². The van der Waals surface area contributed by atoms with Gasteiger partial charge in [-0.1, -0.05) is 23.1 Å². The van der Waals surface area contributed by atoms with Gasteiger partial charge in [0.25, 0.3) is 0 Å². The Morgan fingerprint density at radius 3 is 3.11 bits per heavy atom. The maximum atomic E-state index is 13.5. The van der Waals surface area contributed by atoms with Gasteiger partial charge in [-0.15, -0.1) is 10.2 Å². The van der Waals surface area contributed by atoms with Gasteiger partial charge in [0, 0.05) is 16.9 Å². The normalized spacial score (nSPS) is 14.0. The molecule has 1 aromatic carbocycles. The molecule has 0 unspecified atom stereocenters. The van der Waals surface area contributed by atoms with Crippen LogP contribution in [0.2, 0.25) is 0 Å². The molecule has 0 fully saturated rings. The number of thioether (sulfide) groups is 1. The SMILES string of the molecule is Cc1nnc(SCc2cc(F)cc3c2OCOC3)s1. The van der Waals surface area contributed by atoms with Gasteiger partial charge in [0.1, 0.15) is 16.6 Å². The first-order chi connectivity index (χ1) is 9.22. The number of rotatable bonds is 3. The van der Waals surface area contributed by atoms with E-state index in [1.165, 1.54) is 35.2 Å². The minimum atomic E-state index is -0.267. The van der Waals surface area contributed by atoms with E-state index in [2.05, 4.69) is 10.2 Å². The molecule has 0 saturated heterocycles. The molecule has 0 bridgehead atoms. The van der Waals surface area contributed by atoms with Crippen LogP contribution in [0, 0.1) is 12.7 Å². The molecule has 2 heterocycles. The zero-order valence-electron chi connectivity index (χ0n) is 10.2. The summed E-state index contributed by atoms with van der Waals surface area (Å²) in [4.78, 5) is 0. The highest BCUT2D eigenvalue weighted by Gasteiger charge is 2.17. The molecule has 2 aromatic rings. The number of hydrogen-bond donors (Lipinski definition) is 0. The monoisotopic (exact) mass is 298 g/mol. The first kappa shape index (κ1) is 12.8. The zero-order valence-corrected chi connectivity index (χ0v) is 11.8. The van der Waals surface area contributed by atoms with E-state index in [1.807, 2.05) is 6.92 Å². The van der Waals surface area contributed by atoms with Crippen LogP contribution in [0.15, 0.2) is 16.5 Å². The van der Waals surface area contributed by atoms with Crippen LogP contribution in [0.25, 0.3) is 0 Å². The first-order valence-electron chi connectivity index (χ1n) is 5.67. The van der Waals surface area contributed by atoms with Gasteiger partial charge in [-0.2, -0.15) is 0 Å².